The van der Waals surface area contributed by atoms with E-state index in [9.17, 15) is 4.79 Å². The molecule has 0 N–H and O–H groups in total. The number of carbonyl (C=O) groups is 1. The number of rotatable bonds is 2. The highest BCUT2D eigenvalue weighted by Gasteiger charge is 2.32. The topological polar surface area (TPSA) is 45.7 Å². The summed E-state index contributed by atoms with van der Waals surface area (Å²) in [6.45, 7) is 9.36. The van der Waals surface area contributed by atoms with Crippen LogP contribution in [0.15, 0.2) is 18.2 Å². The van der Waals surface area contributed by atoms with E-state index in [2.05, 4.69) is 16.0 Å². The first-order valence-electron chi connectivity index (χ1n) is 8.66. The minimum absolute atomic E-state index is 0.138. The molecule has 1 amide bonds. The van der Waals surface area contributed by atoms with Crippen LogP contribution in [0.2, 0.25) is 0 Å². The van der Waals surface area contributed by atoms with Crippen LogP contribution in [0.4, 0.5) is 5.82 Å². The predicted octanol–water partition coefficient (Wildman–Crippen LogP) is 2.24. The number of nitrogens with zero attached hydrogens (tertiary/aromatic N) is 3. The minimum atomic E-state index is 0.138. The third-order valence-corrected chi connectivity index (χ3v) is 4.77. The molecule has 5 nitrogen and oxygen atoms in total. The Morgan fingerprint density at radius 2 is 1.83 bits per heavy atom. The minimum Gasteiger partial charge on any atom is -0.372 e. The molecular formula is C18H27N3O2. The van der Waals surface area contributed by atoms with E-state index >= 15 is 0 Å². The van der Waals surface area contributed by atoms with E-state index in [1.807, 2.05) is 37.8 Å². The maximum Gasteiger partial charge on any atom is 0.225 e. The van der Waals surface area contributed by atoms with E-state index in [4.69, 9.17) is 4.74 Å². The third kappa shape index (κ3) is 3.83. The Hall–Kier alpha value is -1.62. The van der Waals surface area contributed by atoms with Gasteiger partial charge in [-0.15, -0.1) is 0 Å². The summed E-state index contributed by atoms with van der Waals surface area (Å²) in [7, 11) is 0. The maximum atomic E-state index is 12.8. The average molecular weight is 317 g/mol. The summed E-state index contributed by atoms with van der Waals surface area (Å²) in [6.07, 6.45) is 2.10. The number of aromatic nitrogens is 1. The summed E-state index contributed by atoms with van der Waals surface area (Å²) in [5.41, 5.74) is 1.04. The monoisotopic (exact) mass is 317 g/mol. The van der Waals surface area contributed by atoms with E-state index in [1.165, 1.54) is 0 Å². The number of morpholine rings is 1. The normalized spacial score (nSPS) is 26.4. The Bertz CT molecular complexity index is 545. The molecule has 1 aromatic rings. The SMILES string of the molecule is Cc1cccc(N2CCC(C(=O)N3C[C@@H](C)O[C@@H](C)C3)CC2)n1. The first-order valence-corrected chi connectivity index (χ1v) is 8.66. The van der Waals surface area contributed by atoms with Gasteiger partial charge in [-0.3, -0.25) is 4.79 Å². The number of hydrogen-bond acceptors (Lipinski definition) is 4. The van der Waals surface area contributed by atoms with Crippen LogP contribution in [-0.4, -0.2) is 54.2 Å². The van der Waals surface area contributed by atoms with Gasteiger partial charge in [0, 0.05) is 37.8 Å². The van der Waals surface area contributed by atoms with Gasteiger partial charge < -0.3 is 14.5 Å². The van der Waals surface area contributed by atoms with Crippen LogP contribution in [0.3, 0.4) is 0 Å². The standard InChI is InChI=1S/C18H27N3O2/c1-13-5-4-6-17(19-13)20-9-7-16(8-10-20)18(22)21-11-14(2)23-15(3)12-21/h4-6,14-16H,7-12H2,1-3H3/t14-,15+. The van der Waals surface area contributed by atoms with Gasteiger partial charge in [0.05, 0.1) is 12.2 Å². The molecule has 5 heteroatoms. The van der Waals surface area contributed by atoms with Crippen LogP contribution >= 0.6 is 0 Å². The lowest BCUT2D eigenvalue weighted by Crippen LogP contribution is -2.51. The molecule has 126 valence electrons. The second kappa shape index (κ2) is 6.87. The molecule has 0 unspecified atom stereocenters. The summed E-state index contributed by atoms with van der Waals surface area (Å²) in [4.78, 5) is 21.7. The highest BCUT2D eigenvalue weighted by Crippen LogP contribution is 2.25. The summed E-state index contributed by atoms with van der Waals surface area (Å²) in [6, 6.07) is 6.12. The second-order valence-corrected chi connectivity index (χ2v) is 6.90. The average Bonchev–Trinajstić information content (AvgIpc) is 2.53. The predicted molar refractivity (Wildman–Crippen MR) is 90.5 cm³/mol. The number of pyridine rings is 1. The number of anilines is 1. The number of hydrogen-bond donors (Lipinski definition) is 0. The zero-order valence-corrected chi connectivity index (χ0v) is 14.4. The van der Waals surface area contributed by atoms with Crippen molar-refractivity contribution in [2.75, 3.05) is 31.1 Å². The van der Waals surface area contributed by atoms with Gasteiger partial charge in [0.15, 0.2) is 0 Å². The number of carbonyl (C=O) groups excluding carboxylic acids is 1. The van der Waals surface area contributed by atoms with E-state index in [0.29, 0.717) is 5.91 Å². The summed E-state index contributed by atoms with van der Waals surface area (Å²) in [5.74, 6) is 1.49. The molecule has 0 radical (unpaired) electrons. The molecule has 2 aliphatic heterocycles. The fourth-order valence-corrected chi connectivity index (χ4v) is 3.68. The molecule has 0 saturated carbocycles. The van der Waals surface area contributed by atoms with E-state index in [-0.39, 0.29) is 18.1 Å². The molecule has 0 aliphatic carbocycles. The quantitative estimate of drug-likeness (QED) is 0.839. The highest BCUT2D eigenvalue weighted by atomic mass is 16.5. The lowest BCUT2D eigenvalue weighted by molar-refractivity contribution is -0.148. The van der Waals surface area contributed by atoms with Gasteiger partial charge in [-0.1, -0.05) is 6.07 Å². The summed E-state index contributed by atoms with van der Waals surface area (Å²) >= 11 is 0. The Balaban J connectivity index is 1.57. The highest BCUT2D eigenvalue weighted by molar-refractivity contribution is 5.79. The first kappa shape index (κ1) is 16.2. The van der Waals surface area contributed by atoms with Crippen molar-refractivity contribution >= 4 is 11.7 Å². The Labute approximate surface area is 138 Å². The van der Waals surface area contributed by atoms with Crippen LogP contribution < -0.4 is 4.90 Å². The van der Waals surface area contributed by atoms with Gasteiger partial charge in [0.25, 0.3) is 0 Å². The van der Waals surface area contributed by atoms with Crippen molar-refractivity contribution in [2.24, 2.45) is 5.92 Å². The molecule has 23 heavy (non-hydrogen) atoms. The molecule has 3 rings (SSSR count). The van der Waals surface area contributed by atoms with Gasteiger partial charge in [-0.2, -0.15) is 0 Å². The number of amides is 1. The zero-order chi connectivity index (χ0) is 16.4. The van der Waals surface area contributed by atoms with Crippen LogP contribution in [0.1, 0.15) is 32.4 Å². The molecule has 2 saturated heterocycles. The lowest BCUT2D eigenvalue weighted by atomic mass is 9.94. The molecule has 2 atom stereocenters. The molecule has 0 aromatic carbocycles. The van der Waals surface area contributed by atoms with Crippen molar-refractivity contribution < 1.29 is 9.53 Å². The molecule has 2 fully saturated rings. The molecule has 2 aliphatic rings. The molecule has 0 bridgehead atoms. The van der Waals surface area contributed by atoms with E-state index in [0.717, 1.165) is 50.5 Å². The van der Waals surface area contributed by atoms with Gasteiger partial charge in [0.2, 0.25) is 5.91 Å². The third-order valence-electron chi connectivity index (χ3n) is 4.77. The van der Waals surface area contributed by atoms with Gasteiger partial charge >= 0.3 is 0 Å². The maximum absolute atomic E-state index is 12.8. The fourth-order valence-electron chi connectivity index (χ4n) is 3.68. The zero-order valence-electron chi connectivity index (χ0n) is 14.4. The molecule has 0 spiro atoms. The smallest absolute Gasteiger partial charge is 0.225 e. The van der Waals surface area contributed by atoms with Crippen molar-refractivity contribution in [3.63, 3.8) is 0 Å². The van der Waals surface area contributed by atoms with Crippen LogP contribution in [-0.2, 0) is 9.53 Å². The first-order chi connectivity index (χ1) is 11.0. The lowest BCUT2D eigenvalue weighted by Gasteiger charge is -2.39. The van der Waals surface area contributed by atoms with Crippen LogP contribution in [0, 0.1) is 12.8 Å². The Morgan fingerprint density at radius 1 is 1.17 bits per heavy atom. The van der Waals surface area contributed by atoms with Crippen LogP contribution in [0.25, 0.3) is 0 Å². The fraction of sp³-hybridized carbons (Fsp3) is 0.667. The van der Waals surface area contributed by atoms with Crippen molar-refractivity contribution in [1.29, 1.82) is 0 Å². The van der Waals surface area contributed by atoms with Crippen molar-refractivity contribution in [3.05, 3.63) is 23.9 Å². The molecular weight excluding hydrogens is 290 g/mol. The van der Waals surface area contributed by atoms with Crippen molar-refractivity contribution in [2.45, 2.75) is 45.8 Å². The molecule has 3 heterocycles. The van der Waals surface area contributed by atoms with Gasteiger partial charge in [-0.25, -0.2) is 4.98 Å². The van der Waals surface area contributed by atoms with E-state index < -0.39 is 0 Å². The summed E-state index contributed by atoms with van der Waals surface area (Å²) < 4.78 is 5.73. The molecule has 1 aromatic heterocycles. The van der Waals surface area contributed by atoms with Crippen molar-refractivity contribution in [3.8, 4) is 0 Å². The number of piperidine rings is 1. The van der Waals surface area contributed by atoms with Crippen LogP contribution in [0.5, 0.6) is 0 Å². The van der Waals surface area contributed by atoms with Crippen molar-refractivity contribution in [1.82, 2.24) is 9.88 Å². The largest absolute Gasteiger partial charge is 0.372 e. The summed E-state index contributed by atoms with van der Waals surface area (Å²) in [5, 5.41) is 0. The Kier molecular flexibility index (Phi) is 4.85. The van der Waals surface area contributed by atoms with Gasteiger partial charge in [0.1, 0.15) is 5.82 Å². The number of ether oxygens (including phenoxy) is 1. The Morgan fingerprint density at radius 3 is 2.43 bits per heavy atom. The number of aryl methyl sites for hydroxylation is 1. The van der Waals surface area contributed by atoms with Gasteiger partial charge in [-0.05, 0) is 45.7 Å². The van der Waals surface area contributed by atoms with E-state index in [1.54, 1.807) is 0 Å². The second-order valence-electron chi connectivity index (χ2n) is 6.90.